The molecule has 1 fully saturated rings. The largest absolute Gasteiger partial charge is 0.441 e. The Morgan fingerprint density at radius 1 is 1.20 bits per heavy atom. The Bertz CT molecular complexity index is 764. The van der Waals surface area contributed by atoms with Crippen LogP contribution < -0.4 is 0 Å². The zero-order valence-electron chi connectivity index (χ0n) is 14.5. The second-order valence-electron chi connectivity index (χ2n) is 6.11. The summed E-state index contributed by atoms with van der Waals surface area (Å²) in [5.41, 5.74) is 2.69. The summed E-state index contributed by atoms with van der Waals surface area (Å²) in [6, 6.07) is 7.88. The van der Waals surface area contributed by atoms with Gasteiger partial charge in [0.05, 0.1) is 24.7 Å². The number of benzene rings is 1. The van der Waals surface area contributed by atoms with Crippen LogP contribution in [0.25, 0.3) is 11.5 Å². The van der Waals surface area contributed by atoms with Gasteiger partial charge in [-0.2, -0.15) is 0 Å². The van der Waals surface area contributed by atoms with Gasteiger partial charge in [0.2, 0.25) is 11.8 Å². The summed E-state index contributed by atoms with van der Waals surface area (Å²) in [6.45, 7) is 6.04. The average Bonchev–Trinajstić information content (AvgIpc) is 2.96. The Morgan fingerprint density at radius 3 is 2.56 bits per heavy atom. The monoisotopic (exact) mass is 362 g/mol. The fourth-order valence-electron chi connectivity index (χ4n) is 2.63. The lowest BCUT2D eigenvalue weighted by atomic mass is 10.1. The van der Waals surface area contributed by atoms with Crippen LogP contribution in [0.1, 0.15) is 17.0 Å². The molecule has 1 amide bonds. The molecule has 0 spiro atoms. The van der Waals surface area contributed by atoms with E-state index in [-0.39, 0.29) is 17.4 Å². The van der Waals surface area contributed by atoms with Crippen LogP contribution in [0.5, 0.6) is 0 Å². The number of carbonyl (C=O) groups is 1. The van der Waals surface area contributed by atoms with Crippen LogP contribution in [0.4, 0.5) is 0 Å². The Kier molecular flexibility index (Phi) is 5.65. The van der Waals surface area contributed by atoms with Crippen molar-refractivity contribution >= 4 is 16.7 Å². The maximum Gasteiger partial charge on any atom is 0.235 e. The lowest BCUT2D eigenvalue weighted by molar-refractivity contribution is -0.132. The van der Waals surface area contributed by atoms with Crippen LogP contribution >= 0.6 is 0 Å². The molecule has 0 bridgehead atoms. The van der Waals surface area contributed by atoms with E-state index in [4.69, 9.17) is 9.15 Å². The third kappa shape index (κ3) is 4.55. The van der Waals surface area contributed by atoms with Crippen molar-refractivity contribution in [3.63, 3.8) is 0 Å². The molecule has 2 aromatic rings. The van der Waals surface area contributed by atoms with Gasteiger partial charge in [0, 0.05) is 29.5 Å². The second-order valence-corrected chi connectivity index (χ2v) is 7.57. The van der Waals surface area contributed by atoms with Gasteiger partial charge in [0.25, 0.3) is 0 Å². The molecule has 6 nitrogen and oxygen atoms in total. The highest BCUT2D eigenvalue weighted by Crippen LogP contribution is 2.23. The fourth-order valence-corrected chi connectivity index (χ4v) is 3.76. The van der Waals surface area contributed by atoms with Gasteiger partial charge >= 0.3 is 0 Å². The normalized spacial score (nSPS) is 16.0. The van der Waals surface area contributed by atoms with Crippen molar-refractivity contribution in [2.24, 2.45) is 0 Å². The summed E-state index contributed by atoms with van der Waals surface area (Å²) in [4.78, 5) is 18.3. The lowest BCUT2D eigenvalue weighted by Gasteiger charge is -2.26. The highest BCUT2D eigenvalue weighted by molar-refractivity contribution is 7.84. The van der Waals surface area contributed by atoms with Crippen molar-refractivity contribution in [2.75, 3.05) is 32.1 Å². The molecule has 7 heteroatoms. The molecular formula is C18H22N2O4S. The van der Waals surface area contributed by atoms with Gasteiger partial charge in [-0.1, -0.05) is 17.7 Å². The molecule has 0 saturated carbocycles. The van der Waals surface area contributed by atoms with E-state index in [9.17, 15) is 9.00 Å². The highest BCUT2D eigenvalue weighted by atomic mass is 32.2. The van der Waals surface area contributed by atoms with Crippen LogP contribution in [0.2, 0.25) is 0 Å². The predicted octanol–water partition coefficient (Wildman–Crippen LogP) is 2.07. The zero-order chi connectivity index (χ0) is 17.8. The van der Waals surface area contributed by atoms with Gasteiger partial charge in [-0.3, -0.25) is 9.00 Å². The Hall–Kier alpha value is -1.99. The SMILES string of the molecule is Cc1ccc(-c2nc(CS(=O)CC(=O)N3CCOCC3)c(C)o2)cc1. The summed E-state index contributed by atoms with van der Waals surface area (Å²) in [5.74, 6) is 1.29. The van der Waals surface area contributed by atoms with Gasteiger partial charge < -0.3 is 14.1 Å². The molecule has 1 aromatic heterocycles. The summed E-state index contributed by atoms with van der Waals surface area (Å²) in [6.07, 6.45) is 0. The number of ether oxygens (including phenoxy) is 1. The van der Waals surface area contributed by atoms with E-state index in [0.717, 1.165) is 11.1 Å². The predicted molar refractivity (Wildman–Crippen MR) is 95.5 cm³/mol. The first-order chi connectivity index (χ1) is 12.0. The molecule has 25 heavy (non-hydrogen) atoms. The van der Waals surface area contributed by atoms with Crippen LogP contribution in [0.15, 0.2) is 28.7 Å². The van der Waals surface area contributed by atoms with Crippen LogP contribution in [0, 0.1) is 13.8 Å². The third-order valence-electron chi connectivity index (χ3n) is 4.14. The molecule has 3 rings (SSSR count). The maximum absolute atomic E-state index is 12.4. The van der Waals surface area contributed by atoms with Gasteiger partial charge in [-0.25, -0.2) is 4.98 Å². The lowest BCUT2D eigenvalue weighted by Crippen LogP contribution is -2.42. The van der Waals surface area contributed by atoms with Gasteiger partial charge in [-0.15, -0.1) is 0 Å². The molecule has 1 unspecified atom stereocenters. The van der Waals surface area contributed by atoms with E-state index in [0.29, 0.717) is 43.6 Å². The summed E-state index contributed by atoms with van der Waals surface area (Å²) < 4.78 is 23.3. The zero-order valence-corrected chi connectivity index (χ0v) is 15.3. The Labute approximate surface area is 149 Å². The quantitative estimate of drug-likeness (QED) is 0.814. The number of aromatic nitrogens is 1. The minimum absolute atomic E-state index is 0.00612. The minimum Gasteiger partial charge on any atom is -0.441 e. The van der Waals surface area contributed by atoms with Gasteiger partial charge in [0.1, 0.15) is 11.5 Å². The van der Waals surface area contributed by atoms with Crippen molar-refractivity contribution < 1.29 is 18.2 Å². The molecule has 1 saturated heterocycles. The standard InChI is InChI=1S/C18H22N2O4S/c1-13-3-5-15(6-4-13)18-19-16(14(2)24-18)11-25(22)12-17(21)20-7-9-23-10-8-20/h3-6H,7-12H2,1-2H3. The first-order valence-electron chi connectivity index (χ1n) is 8.27. The van der Waals surface area contributed by atoms with E-state index >= 15 is 0 Å². The molecule has 1 aromatic carbocycles. The van der Waals surface area contributed by atoms with Gasteiger partial charge in [0.15, 0.2) is 0 Å². The van der Waals surface area contributed by atoms with Crippen LogP contribution in [-0.4, -0.2) is 52.1 Å². The molecule has 1 aliphatic heterocycles. The third-order valence-corrected chi connectivity index (χ3v) is 5.30. The Balaban J connectivity index is 1.63. The number of hydrogen-bond donors (Lipinski definition) is 0. The van der Waals surface area contributed by atoms with E-state index < -0.39 is 10.8 Å². The molecular weight excluding hydrogens is 340 g/mol. The van der Waals surface area contributed by atoms with E-state index in [1.165, 1.54) is 0 Å². The van der Waals surface area contributed by atoms with Crippen molar-refractivity contribution in [1.82, 2.24) is 9.88 Å². The number of hydrogen-bond acceptors (Lipinski definition) is 5. The molecule has 134 valence electrons. The minimum atomic E-state index is -1.31. The van der Waals surface area contributed by atoms with Crippen molar-refractivity contribution in [2.45, 2.75) is 19.6 Å². The molecule has 1 atom stereocenters. The molecule has 2 heterocycles. The van der Waals surface area contributed by atoms with Gasteiger partial charge in [-0.05, 0) is 26.0 Å². The van der Waals surface area contributed by atoms with E-state index in [1.807, 2.05) is 31.2 Å². The topological polar surface area (TPSA) is 72.6 Å². The summed E-state index contributed by atoms with van der Waals surface area (Å²) in [7, 11) is -1.31. The molecule has 0 aliphatic carbocycles. The van der Waals surface area contributed by atoms with Crippen molar-refractivity contribution in [3.05, 3.63) is 41.3 Å². The first-order valence-corrected chi connectivity index (χ1v) is 9.75. The van der Waals surface area contributed by atoms with Crippen molar-refractivity contribution in [3.8, 4) is 11.5 Å². The van der Waals surface area contributed by atoms with E-state index in [1.54, 1.807) is 11.8 Å². The van der Waals surface area contributed by atoms with Crippen LogP contribution in [0.3, 0.4) is 0 Å². The number of aryl methyl sites for hydroxylation is 2. The Morgan fingerprint density at radius 2 is 1.88 bits per heavy atom. The molecule has 0 radical (unpaired) electrons. The van der Waals surface area contributed by atoms with E-state index in [2.05, 4.69) is 4.98 Å². The second kappa shape index (κ2) is 7.93. The molecule has 1 aliphatic rings. The highest BCUT2D eigenvalue weighted by Gasteiger charge is 2.21. The average molecular weight is 362 g/mol. The first kappa shape index (κ1) is 17.8. The van der Waals surface area contributed by atoms with Crippen molar-refractivity contribution in [1.29, 1.82) is 0 Å². The number of rotatable bonds is 5. The summed E-state index contributed by atoms with van der Waals surface area (Å²) in [5, 5.41) is 0. The van der Waals surface area contributed by atoms with Crippen LogP contribution in [-0.2, 0) is 26.1 Å². The maximum atomic E-state index is 12.4. The fraction of sp³-hybridized carbons (Fsp3) is 0.444. The summed E-state index contributed by atoms with van der Waals surface area (Å²) >= 11 is 0. The number of amides is 1. The smallest absolute Gasteiger partial charge is 0.235 e. The number of morpholine rings is 1. The number of nitrogens with zero attached hydrogens (tertiary/aromatic N) is 2. The number of carbonyl (C=O) groups excluding carboxylic acids is 1. The number of oxazole rings is 1. The molecule has 0 N–H and O–H groups in total.